The lowest BCUT2D eigenvalue weighted by Gasteiger charge is -2.28. The highest BCUT2D eigenvalue weighted by molar-refractivity contribution is 7.89. The van der Waals surface area contributed by atoms with Crippen LogP contribution in [0.25, 0.3) is 0 Å². The lowest BCUT2D eigenvalue weighted by Crippen LogP contribution is -2.36. The second-order valence-electron chi connectivity index (χ2n) is 9.73. The Morgan fingerprint density at radius 1 is 1.05 bits per heavy atom. The summed E-state index contributed by atoms with van der Waals surface area (Å²) in [5, 5.41) is 6.83. The summed E-state index contributed by atoms with van der Waals surface area (Å²) in [5.41, 5.74) is 3.98. The number of fused-ring (bicyclic) bond motifs is 1. The zero-order chi connectivity index (χ0) is 28.0. The molecule has 3 aromatic rings. The summed E-state index contributed by atoms with van der Waals surface area (Å²) in [4.78, 5) is 13.2. The molecule has 40 heavy (non-hydrogen) atoms. The molecule has 6 nitrogen and oxygen atoms in total. The van der Waals surface area contributed by atoms with E-state index in [-0.39, 0.29) is 40.7 Å². The fourth-order valence-electron chi connectivity index (χ4n) is 4.80. The smallest absolute Gasteiger partial charge is 0.241 e. The highest BCUT2D eigenvalue weighted by Crippen LogP contribution is 2.31. The molecule has 0 unspecified atom stereocenters. The van der Waals surface area contributed by atoms with Gasteiger partial charge in [0.25, 0.3) is 0 Å². The van der Waals surface area contributed by atoms with Crippen LogP contribution in [0.4, 0.5) is 4.39 Å². The first-order valence-corrected chi connectivity index (χ1v) is 15.2. The Balaban J connectivity index is 0.00000441. The van der Waals surface area contributed by atoms with Crippen LogP contribution < -0.4 is 15.4 Å². The summed E-state index contributed by atoms with van der Waals surface area (Å²) in [6, 6.07) is 14.6. The fourth-order valence-corrected chi connectivity index (χ4v) is 6.41. The van der Waals surface area contributed by atoms with Gasteiger partial charge in [-0.25, -0.2) is 17.5 Å². The molecule has 0 radical (unpaired) electrons. The van der Waals surface area contributed by atoms with Crippen LogP contribution >= 0.6 is 23.2 Å². The van der Waals surface area contributed by atoms with Crippen molar-refractivity contribution in [3.05, 3.63) is 98.8 Å². The Kier molecular flexibility index (Phi) is 11.5. The van der Waals surface area contributed by atoms with Crippen molar-refractivity contribution in [2.24, 2.45) is 0 Å². The molecule has 3 N–H and O–H groups in total. The second-order valence-corrected chi connectivity index (χ2v) is 12.3. The fraction of sp³-hybridized carbons (Fsp3) is 0.367. The molecule has 1 aliphatic rings. The Labute approximate surface area is 246 Å². The molecule has 0 saturated carbocycles. The average Bonchev–Trinajstić information content (AvgIpc) is 2.90. The highest BCUT2D eigenvalue weighted by Gasteiger charge is 2.27. The van der Waals surface area contributed by atoms with E-state index < -0.39 is 21.9 Å². The van der Waals surface area contributed by atoms with Crippen molar-refractivity contribution in [2.75, 3.05) is 6.54 Å². The predicted molar refractivity (Wildman–Crippen MR) is 160 cm³/mol. The van der Waals surface area contributed by atoms with Crippen molar-refractivity contribution in [1.29, 1.82) is 0 Å². The number of benzene rings is 3. The van der Waals surface area contributed by atoms with Gasteiger partial charge in [0.15, 0.2) is 0 Å². The molecule has 0 heterocycles. The van der Waals surface area contributed by atoms with E-state index in [1.807, 2.05) is 0 Å². The van der Waals surface area contributed by atoms with Gasteiger partial charge in [0, 0.05) is 13.0 Å². The van der Waals surface area contributed by atoms with Gasteiger partial charge < -0.3 is 10.6 Å². The van der Waals surface area contributed by atoms with Crippen molar-refractivity contribution in [1.82, 2.24) is 15.4 Å². The van der Waals surface area contributed by atoms with Gasteiger partial charge in [0.1, 0.15) is 5.82 Å². The first-order chi connectivity index (χ1) is 18.7. The number of sulfonamides is 1. The van der Waals surface area contributed by atoms with Gasteiger partial charge in [-0.2, -0.15) is 0 Å². The predicted octanol–water partition coefficient (Wildman–Crippen LogP) is 6.87. The van der Waals surface area contributed by atoms with Gasteiger partial charge in [-0.15, -0.1) is 0 Å². The third-order valence-electron chi connectivity index (χ3n) is 6.77. The Morgan fingerprint density at radius 3 is 2.50 bits per heavy atom. The normalized spacial score (nSPS) is 15.6. The molecule has 0 aliphatic heterocycles. The van der Waals surface area contributed by atoms with Gasteiger partial charge in [0.2, 0.25) is 15.9 Å². The van der Waals surface area contributed by atoms with E-state index in [1.165, 1.54) is 53.6 Å². The van der Waals surface area contributed by atoms with Crippen molar-refractivity contribution < 1.29 is 17.6 Å². The van der Waals surface area contributed by atoms with Crippen LogP contribution in [-0.4, -0.2) is 20.9 Å². The Morgan fingerprint density at radius 2 is 1.80 bits per heavy atom. The molecule has 3 aromatic carbocycles. The molecular formula is C30H36Cl2FN3O3S. The lowest BCUT2D eigenvalue weighted by molar-refractivity contribution is -0.122. The number of aryl methyl sites for hydroxylation is 1. The minimum atomic E-state index is -4.07. The first-order valence-electron chi connectivity index (χ1n) is 13.0. The molecule has 1 amide bonds. The minimum Gasteiger partial charge on any atom is -0.349 e. The van der Waals surface area contributed by atoms with Crippen LogP contribution in [0.3, 0.4) is 0 Å². The maximum absolute atomic E-state index is 13.6. The molecule has 0 aromatic heterocycles. The average molecular weight is 609 g/mol. The number of carbonyl (C=O) groups is 1. The lowest BCUT2D eigenvalue weighted by atomic mass is 9.86. The van der Waals surface area contributed by atoms with E-state index in [0.29, 0.717) is 5.56 Å². The zero-order valence-corrected chi connectivity index (χ0v) is 24.0. The largest absolute Gasteiger partial charge is 0.349 e. The van der Waals surface area contributed by atoms with Crippen LogP contribution in [0.2, 0.25) is 10.0 Å². The van der Waals surface area contributed by atoms with E-state index in [9.17, 15) is 17.6 Å². The molecule has 1 aliphatic carbocycles. The SMILES string of the molecule is C.CCCNCc1ccc2c(c1)CCC[C@H]2NC(=O)C[C@@H](NS(=O)(=O)c1ccc(Cl)c(Cl)c1)c1ccc(F)cc1. The van der Waals surface area contributed by atoms with Gasteiger partial charge in [-0.1, -0.05) is 67.9 Å². The Bertz CT molecular complexity index is 1420. The topological polar surface area (TPSA) is 87.3 Å². The summed E-state index contributed by atoms with van der Waals surface area (Å²) in [6.45, 7) is 3.89. The van der Waals surface area contributed by atoms with Crippen LogP contribution in [0.1, 0.15) is 74.4 Å². The number of carbonyl (C=O) groups excluding carboxylic acids is 1. The van der Waals surface area contributed by atoms with Gasteiger partial charge in [-0.3, -0.25) is 4.79 Å². The van der Waals surface area contributed by atoms with Crippen LogP contribution in [-0.2, 0) is 27.8 Å². The molecule has 0 saturated heterocycles. The maximum Gasteiger partial charge on any atom is 0.241 e. The number of hydrogen-bond acceptors (Lipinski definition) is 4. The monoisotopic (exact) mass is 607 g/mol. The summed E-state index contributed by atoms with van der Waals surface area (Å²) >= 11 is 12.0. The molecular weight excluding hydrogens is 572 g/mol. The maximum atomic E-state index is 13.6. The number of rotatable bonds is 11. The summed E-state index contributed by atoms with van der Waals surface area (Å²) in [5.74, 6) is -0.773. The number of halogens is 3. The van der Waals surface area contributed by atoms with E-state index in [2.05, 4.69) is 40.5 Å². The summed E-state index contributed by atoms with van der Waals surface area (Å²) < 4.78 is 42.6. The zero-order valence-electron chi connectivity index (χ0n) is 21.6. The quantitative estimate of drug-likeness (QED) is 0.207. The molecule has 0 spiro atoms. The minimum absolute atomic E-state index is 0. The number of hydrogen-bond donors (Lipinski definition) is 3. The van der Waals surface area contributed by atoms with Crippen LogP contribution in [0, 0.1) is 5.82 Å². The molecule has 2 atom stereocenters. The molecule has 0 fully saturated rings. The van der Waals surface area contributed by atoms with Crippen molar-refractivity contribution in [3.63, 3.8) is 0 Å². The van der Waals surface area contributed by atoms with Crippen LogP contribution in [0.15, 0.2) is 65.6 Å². The van der Waals surface area contributed by atoms with Crippen molar-refractivity contribution in [2.45, 2.75) is 70.0 Å². The van der Waals surface area contributed by atoms with E-state index in [4.69, 9.17) is 23.2 Å². The van der Waals surface area contributed by atoms with E-state index in [1.54, 1.807) is 0 Å². The highest BCUT2D eigenvalue weighted by atomic mass is 35.5. The van der Waals surface area contributed by atoms with E-state index in [0.717, 1.165) is 44.3 Å². The van der Waals surface area contributed by atoms with Gasteiger partial charge in [-0.05, 0) is 84.8 Å². The number of amides is 1. The first kappa shape index (κ1) is 32.0. The number of nitrogens with one attached hydrogen (secondary N) is 3. The summed E-state index contributed by atoms with van der Waals surface area (Å²) in [7, 11) is -4.07. The van der Waals surface area contributed by atoms with Gasteiger partial charge in [0.05, 0.1) is 27.0 Å². The summed E-state index contributed by atoms with van der Waals surface area (Å²) in [6.07, 6.45) is 3.58. The van der Waals surface area contributed by atoms with Gasteiger partial charge >= 0.3 is 0 Å². The van der Waals surface area contributed by atoms with Crippen molar-refractivity contribution >= 4 is 39.1 Å². The van der Waals surface area contributed by atoms with E-state index >= 15 is 0 Å². The third-order valence-corrected chi connectivity index (χ3v) is 8.98. The molecule has 10 heteroatoms. The molecule has 4 rings (SSSR count). The third kappa shape index (κ3) is 8.27. The van der Waals surface area contributed by atoms with Crippen LogP contribution in [0.5, 0.6) is 0 Å². The molecule has 216 valence electrons. The molecule has 0 bridgehead atoms. The van der Waals surface area contributed by atoms with Crippen molar-refractivity contribution in [3.8, 4) is 0 Å². The second kappa shape index (κ2) is 14.4. The standard InChI is InChI=1S/C29H32Cl2FN3O3S.CH4/c1-2-14-33-18-19-6-12-24-21(15-19)4-3-5-27(24)34-29(36)17-28(20-7-9-22(32)10-8-20)35-39(37,38)23-11-13-25(30)26(31)16-23;/h6-13,15-16,27-28,33,35H,2-5,14,17-18H2,1H3,(H,34,36);1H4/t27-,28-;/m1./s1. The Hall–Kier alpha value is -2.49.